The third-order valence-electron chi connectivity index (χ3n) is 11.4. The standard InChI is InChI=1S/C49H88O12/c1-8-14-20-26-32-39(46(59-54)41(34-28-22-16-10-3)48(61-56)43(51)36-30-24-18-12-5)45(58-53)40(33-27-21-15-9-2)47(60-55)42(35-29-23-17-11-4)49(52)57-44(38(7)50)37-31-25-19-13-6/h42,44,51,53-56H,8-37H2,1-7H3/b45-39-,46-41-,47-40-,48-43-. The third-order valence-corrected chi connectivity index (χ3v) is 11.4. The van der Waals surface area contributed by atoms with Gasteiger partial charge < -0.3 is 29.4 Å². The molecule has 0 fully saturated rings. The molecule has 0 bridgehead atoms. The second-order valence-electron chi connectivity index (χ2n) is 16.6. The normalized spacial score (nSPS) is 14.3. The summed E-state index contributed by atoms with van der Waals surface area (Å²) < 4.78 is 5.96. The summed E-state index contributed by atoms with van der Waals surface area (Å²) in [6.07, 6.45) is 20.4. The number of ketones is 1. The Morgan fingerprint density at radius 3 is 1.18 bits per heavy atom. The molecule has 0 aromatic rings. The number of carbonyl (C=O) groups excluding carboxylic acids is 2. The number of Topliss-reactive ketones (excluding diaryl/α,β-unsaturated/α-hetero) is 1. The highest BCUT2D eigenvalue weighted by Gasteiger charge is 2.36. The molecule has 0 amide bonds. The first-order valence-electron chi connectivity index (χ1n) is 24.2. The first-order valence-corrected chi connectivity index (χ1v) is 24.2. The van der Waals surface area contributed by atoms with Crippen LogP contribution in [0.25, 0.3) is 0 Å². The zero-order valence-electron chi connectivity index (χ0n) is 39.5. The number of allylic oxidation sites excluding steroid dienone is 4. The van der Waals surface area contributed by atoms with E-state index in [1.807, 2.05) is 0 Å². The van der Waals surface area contributed by atoms with E-state index in [9.17, 15) is 35.7 Å². The molecule has 12 nitrogen and oxygen atoms in total. The molecule has 0 aliphatic heterocycles. The van der Waals surface area contributed by atoms with Crippen molar-refractivity contribution in [2.75, 3.05) is 0 Å². The minimum Gasteiger partial charge on any atom is -0.508 e. The van der Waals surface area contributed by atoms with E-state index in [2.05, 4.69) is 41.5 Å². The van der Waals surface area contributed by atoms with Gasteiger partial charge in [0.25, 0.3) is 0 Å². The Balaban J connectivity index is 8.38. The summed E-state index contributed by atoms with van der Waals surface area (Å²) in [4.78, 5) is 47.8. The molecule has 0 spiro atoms. The molecule has 0 saturated carbocycles. The van der Waals surface area contributed by atoms with Crippen molar-refractivity contribution in [1.82, 2.24) is 0 Å². The Hall–Kier alpha value is -3.06. The van der Waals surface area contributed by atoms with E-state index in [1.165, 1.54) is 6.92 Å². The van der Waals surface area contributed by atoms with Gasteiger partial charge in [-0.05, 0) is 71.1 Å². The summed E-state index contributed by atoms with van der Waals surface area (Å²) >= 11 is 0. The van der Waals surface area contributed by atoms with Crippen LogP contribution >= 0.6 is 0 Å². The van der Waals surface area contributed by atoms with Crippen molar-refractivity contribution in [2.24, 2.45) is 5.92 Å². The van der Waals surface area contributed by atoms with Crippen LogP contribution in [0, 0.1) is 5.92 Å². The molecule has 0 rings (SSSR count). The summed E-state index contributed by atoms with van der Waals surface area (Å²) in [6, 6.07) is 0. The molecular formula is C49H88O12. The zero-order valence-corrected chi connectivity index (χ0v) is 39.5. The van der Waals surface area contributed by atoms with Crippen LogP contribution in [-0.4, -0.2) is 44.0 Å². The fourth-order valence-electron chi connectivity index (χ4n) is 7.68. The van der Waals surface area contributed by atoms with E-state index in [0.29, 0.717) is 44.9 Å². The van der Waals surface area contributed by atoms with Crippen LogP contribution in [0.3, 0.4) is 0 Å². The molecule has 0 aromatic carbocycles. The molecule has 356 valence electrons. The van der Waals surface area contributed by atoms with Gasteiger partial charge in [0.05, 0.1) is 0 Å². The molecule has 5 N–H and O–H groups in total. The number of carbonyl (C=O) groups is 2. The van der Waals surface area contributed by atoms with Gasteiger partial charge in [-0.3, -0.25) is 9.59 Å². The van der Waals surface area contributed by atoms with Crippen LogP contribution in [0.4, 0.5) is 0 Å². The zero-order chi connectivity index (χ0) is 45.7. The minimum absolute atomic E-state index is 0.172. The molecule has 12 heteroatoms. The van der Waals surface area contributed by atoms with Crippen molar-refractivity contribution < 1.29 is 60.0 Å². The maximum atomic E-state index is 14.3. The van der Waals surface area contributed by atoms with Gasteiger partial charge in [-0.25, -0.2) is 21.0 Å². The van der Waals surface area contributed by atoms with Crippen LogP contribution in [0.2, 0.25) is 0 Å². The first kappa shape index (κ1) is 57.9. The van der Waals surface area contributed by atoms with Crippen LogP contribution in [0.15, 0.2) is 45.5 Å². The fourth-order valence-corrected chi connectivity index (χ4v) is 7.68. The van der Waals surface area contributed by atoms with Gasteiger partial charge in [0.15, 0.2) is 29.2 Å². The lowest BCUT2D eigenvalue weighted by molar-refractivity contribution is -0.223. The lowest BCUT2D eigenvalue weighted by Gasteiger charge is -2.25. The van der Waals surface area contributed by atoms with Gasteiger partial charge in [-0.1, -0.05) is 164 Å². The van der Waals surface area contributed by atoms with Gasteiger partial charge in [0, 0.05) is 23.1 Å². The van der Waals surface area contributed by atoms with Crippen LogP contribution < -0.4 is 0 Å². The molecular weight excluding hydrogens is 781 g/mol. The van der Waals surface area contributed by atoms with E-state index in [-0.39, 0.29) is 83.4 Å². The summed E-state index contributed by atoms with van der Waals surface area (Å²) in [5.74, 6) is -3.21. The Morgan fingerprint density at radius 1 is 0.426 bits per heavy atom. The third kappa shape index (κ3) is 23.8. The number of esters is 1. The second-order valence-corrected chi connectivity index (χ2v) is 16.6. The number of aliphatic hydroxyl groups is 1. The lowest BCUT2D eigenvalue weighted by atomic mass is 9.89. The highest BCUT2D eigenvalue weighted by atomic mass is 17.1. The molecule has 0 aromatic heterocycles. The molecule has 0 radical (unpaired) electrons. The van der Waals surface area contributed by atoms with E-state index < -0.39 is 18.0 Å². The Labute approximate surface area is 369 Å². The highest BCUT2D eigenvalue weighted by molar-refractivity contribution is 5.84. The van der Waals surface area contributed by atoms with Crippen LogP contribution in [-0.2, 0) is 33.9 Å². The van der Waals surface area contributed by atoms with Crippen molar-refractivity contribution in [3.63, 3.8) is 0 Å². The average Bonchev–Trinajstić information content (AvgIpc) is 3.25. The fraction of sp³-hybridized carbons (Fsp3) is 0.796. The van der Waals surface area contributed by atoms with Crippen molar-refractivity contribution in [3.05, 3.63) is 45.5 Å². The number of hydrogen-bond donors (Lipinski definition) is 5. The molecule has 0 heterocycles. The number of aliphatic hydroxyl groups excluding tert-OH is 1. The largest absolute Gasteiger partial charge is 0.508 e. The Bertz CT molecular complexity index is 1280. The summed E-state index contributed by atoms with van der Waals surface area (Å²) in [5, 5.41) is 54.5. The molecule has 2 atom stereocenters. The monoisotopic (exact) mass is 869 g/mol. The summed E-state index contributed by atoms with van der Waals surface area (Å²) in [5.41, 5.74) is 0.523. The molecule has 0 aliphatic rings. The van der Waals surface area contributed by atoms with Crippen molar-refractivity contribution in [3.8, 4) is 0 Å². The van der Waals surface area contributed by atoms with Crippen LogP contribution in [0.5, 0.6) is 0 Å². The van der Waals surface area contributed by atoms with E-state index in [4.69, 9.17) is 24.3 Å². The van der Waals surface area contributed by atoms with Gasteiger partial charge in [0.1, 0.15) is 11.7 Å². The average molecular weight is 869 g/mol. The van der Waals surface area contributed by atoms with Crippen molar-refractivity contribution >= 4 is 11.8 Å². The predicted molar refractivity (Wildman–Crippen MR) is 242 cm³/mol. The molecule has 0 aliphatic carbocycles. The SMILES string of the molecule is CCCCCC\C(O)=C(OO)/C(CCCCCC)=C(OO)/C(CCCCCC)=C(OO)/C(CCCCCC)=C(\OO)C(CCCCCC)C(=O)OC(CCCCCC)C(C)=O. The van der Waals surface area contributed by atoms with Crippen LogP contribution in [0.1, 0.15) is 241 Å². The maximum Gasteiger partial charge on any atom is 0.317 e. The molecule has 0 saturated heterocycles. The van der Waals surface area contributed by atoms with Gasteiger partial charge >= 0.3 is 5.97 Å². The smallest absolute Gasteiger partial charge is 0.317 e. The van der Waals surface area contributed by atoms with Crippen molar-refractivity contribution in [2.45, 2.75) is 247 Å². The Kier molecular flexibility index (Phi) is 36.7. The number of unbranched alkanes of at least 4 members (excludes halogenated alkanes) is 18. The van der Waals surface area contributed by atoms with Gasteiger partial charge in [-0.2, -0.15) is 0 Å². The van der Waals surface area contributed by atoms with E-state index in [0.717, 1.165) is 116 Å². The Morgan fingerprint density at radius 2 is 0.787 bits per heavy atom. The van der Waals surface area contributed by atoms with E-state index >= 15 is 0 Å². The second kappa shape index (κ2) is 38.6. The summed E-state index contributed by atoms with van der Waals surface area (Å²) in [6.45, 7) is 13.9. The van der Waals surface area contributed by atoms with Gasteiger partial charge in [0.2, 0.25) is 5.76 Å². The van der Waals surface area contributed by atoms with Gasteiger partial charge in [-0.15, -0.1) is 0 Å². The molecule has 2 unspecified atom stereocenters. The summed E-state index contributed by atoms with van der Waals surface area (Å²) in [7, 11) is 0. The lowest BCUT2D eigenvalue weighted by Crippen LogP contribution is -2.31. The van der Waals surface area contributed by atoms with E-state index in [1.54, 1.807) is 0 Å². The maximum absolute atomic E-state index is 14.3. The first-order chi connectivity index (χ1) is 29.6. The quantitative estimate of drug-likeness (QED) is 0.00981. The number of hydrogen-bond acceptors (Lipinski definition) is 12. The molecule has 61 heavy (non-hydrogen) atoms. The highest BCUT2D eigenvalue weighted by Crippen LogP contribution is 2.39. The topological polar surface area (TPSA) is 181 Å². The predicted octanol–water partition coefficient (Wildman–Crippen LogP) is 15.4. The number of rotatable bonds is 41. The van der Waals surface area contributed by atoms with Crippen molar-refractivity contribution in [1.29, 1.82) is 0 Å². The minimum atomic E-state index is -1.17. The number of ether oxygens (including phenoxy) is 1.